The van der Waals surface area contributed by atoms with E-state index in [1.54, 1.807) is 0 Å². The number of esters is 1. The van der Waals surface area contributed by atoms with Crippen molar-refractivity contribution in [1.82, 2.24) is 0 Å². The van der Waals surface area contributed by atoms with E-state index in [0.29, 0.717) is 6.42 Å². The number of carbonyl (C=O) groups excluding carboxylic acids is 1. The van der Waals surface area contributed by atoms with Crippen LogP contribution in [0.1, 0.15) is 46.5 Å². The molecule has 0 amide bonds. The van der Waals surface area contributed by atoms with Crippen LogP contribution < -0.4 is 0 Å². The first-order chi connectivity index (χ1) is 11.4. The molecule has 24 heavy (non-hydrogen) atoms. The SMILES string of the molecule is CCCC[C@H](CC(=O)OC)[C@H]1OC1[C@@H]1OC(C)(C)OC1CN=[N+]=[N-]. The fourth-order valence-electron chi connectivity index (χ4n) is 3.33. The lowest BCUT2D eigenvalue weighted by Crippen LogP contribution is -2.33. The van der Waals surface area contributed by atoms with Crippen LogP contribution >= 0.6 is 0 Å². The number of rotatable bonds is 9. The van der Waals surface area contributed by atoms with E-state index in [4.69, 9.17) is 24.5 Å². The predicted molar refractivity (Wildman–Crippen MR) is 86.1 cm³/mol. The molecule has 2 rings (SSSR count). The first-order valence-corrected chi connectivity index (χ1v) is 8.50. The maximum Gasteiger partial charge on any atom is 0.305 e. The van der Waals surface area contributed by atoms with Crippen LogP contribution in [0.5, 0.6) is 0 Å². The standard InChI is InChI=1S/C16H27N3O5/c1-5-6-7-10(8-12(20)21-4)13-15(22-13)14-11(9-18-19-17)23-16(2,3)24-14/h10-11,13-15H,5-9H2,1-4H3/t10-,11?,13-,14-,15?/m1/s1. The van der Waals surface area contributed by atoms with Gasteiger partial charge in [0.05, 0.1) is 32.3 Å². The fourth-order valence-corrected chi connectivity index (χ4v) is 3.33. The van der Waals surface area contributed by atoms with E-state index in [0.717, 1.165) is 19.3 Å². The summed E-state index contributed by atoms with van der Waals surface area (Å²) in [6.45, 7) is 5.98. The molecule has 0 aromatic carbocycles. The summed E-state index contributed by atoms with van der Waals surface area (Å²) < 4.78 is 22.4. The van der Waals surface area contributed by atoms with Crippen LogP contribution in [0.3, 0.4) is 0 Å². The topological polar surface area (TPSA) is 106 Å². The van der Waals surface area contributed by atoms with Crippen LogP contribution in [-0.2, 0) is 23.7 Å². The van der Waals surface area contributed by atoms with Gasteiger partial charge in [-0.25, -0.2) is 0 Å². The molecular weight excluding hydrogens is 314 g/mol. The molecule has 2 fully saturated rings. The third-order valence-corrected chi connectivity index (χ3v) is 4.48. The van der Waals surface area contributed by atoms with E-state index in [-0.39, 0.29) is 42.8 Å². The third kappa shape index (κ3) is 4.83. The fraction of sp³-hybridized carbons (Fsp3) is 0.938. The molecule has 0 bridgehead atoms. The Labute approximate surface area is 142 Å². The van der Waals surface area contributed by atoms with E-state index in [2.05, 4.69) is 16.9 Å². The van der Waals surface area contributed by atoms with Crippen LogP contribution in [0, 0.1) is 5.92 Å². The molecule has 136 valence electrons. The van der Waals surface area contributed by atoms with E-state index >= 15 is 0 Å². The Bertz CT molecular complexity index is 492. The molecule has 2 unspecified atom stereocenters. The Kier molecular flexibility index (Phi) is 6.46. The van der Waals surface area contributed by atoms with E-state index in [1.165, 1.54) is 7.11 Å². The second-order valence-electron chi connectivity index (χ2n) is 6.80. The number of ether oxygens (including phenoxy) is 4. The van der Waals surface area contributed by atoms with Crippen LogP contribution in [-0.4, -0.2) is 49.8 Å². The Morgan fingerprint density at radius 2 is 2.12 bits per heavy atom. The molecule has 0 aromatic rings. The summed E-state index contributed by atoms with van der Waals surface area (Å²) in [7, 11) is 1.40. The zero-order valence-electron chi connectivity index (χ0n) is 14.8. The van der Waals surface area contributed by atoms with Crippen molar-refractivity contribution in [2.75, 3.05) is 13.7 Å². The third-order valence-electron chi connectivity index (χ3n) is 4.48. The first-order valence-electron chi connectivity index (χ1n) is 8.50. The highest BCUT2D eigenvalue weighted by Crippen LogP contribution is 2.43. The van der Waals surface area contributed by atoms with Crippen LogP contribution in [0.15, 0.2) is 5.11 Å². The number of nitrogens with zero attached hydrogens (tertiary/aromatic N) is 3. The second-order valence-corrected chi connectivity index (χ2v) is 6.80. The van der Waals surface area contributed by atoms with Crippen LogP contribution in [0.2, 0.25) is 0 Å². The number of methoxy groups -OCH3 is 1. The normalized spacial score (nSPS) is 32.0. The summed E-state index contributed by atoms with van der Waals surface area (Å²) in [4.78, 5) is 14.5. The summed E-state index contributed by atoms with van der Waals surface area (Å²) in [5.74, 6) is -0.854. The minimum atomic E-state index is -0.738. The van der Waals surface area contributed by atoms with Gasteiger partial charge in [-0.15, -0.1) is 0 Å². The lowest BCUT2D eigenvalue weighted by molar-refractivity contribution is -0.147. The molecule has 2 saturated heterocycles. The molecule has 8 nitrogen and oxygen atoms in total. The molecule has 0 aliphatic carbocycles. The molecule has 0 aromatic heterocycles. The van der Waals surface area contributed by atoms with Gasteiger partial charge in [-0.2, -0.15) is 0 Å². The van der Waals surface area contributed by atoms with Crippen molar-refractivity contribution in [2.24, 2.45) is 11.0 Å². The summed E-state index contributed by atoms with van der Waals surface area (Å²) in [5.41, 5.74) is 8.54. The summed E-state index contributed by atoms with van der Waals surface area (Å²) in [5, 5.41) is 3.61. The molecule has 0 N–H and O–H groups in total. The minimum Gasteiger partial charge on any atom is -0.469 e. The Morgan fingerprint density at radius 3 is 2.75 bits per heavy atom. The lowest BCUT2D eigenvalue weighted by atomic mass is 9.91. The summed E-state index contributed by atoms with van der Waals surface area (Å²) >= 11 is 0. The largest absolute Gasteiger partial charge is 0.469 e. The van der Waals surface area contributed by atoms with Crippen molar-refractivity contribution < 1.29 is 23.7 Å². The molecule has 8 heteroatoms. The average molecular weight is 341 g/mol. The molecular formula is C16H27N3O5. The van der Waals surface area contributed by atoms with Gasteiger partial charge in [0, 0.05) is 4.91 Å². The highest BCUT2D eigenvalue weighted by atomic mass is 16.8. The van der Waals surface area contributed by atoms with Gasteiger partial charge in [-0.05, 0) is 31.7 Å². The lowest BCUT2D eigenvalue weighted by Gasteiger charge is -2.17. The quantitative estimate of drug-likeness (QED) is 0.211. The number of carbonyl (C=O) groups is 1. The summed E-state index contributed by atoms with van der Waals surface area (Å²) in [6, 6.07) is 0. The van der Waals surface area contributed by atoms with Crippen molar-refractivity contribution in [3.63, 3.8) is 0 Å². The minimum absolute atomic E-state index is 0.0493. The predicted octanol–water partition coefficient (Wildman–Crippen LogP) is 2.95. The Hall–Kier alpha value is -1.34. The molecule has 0 saturated carbocycles. The Morgan fingerprint density at radius 1 is 1.38 bits per heavy atom. The number of hydrogen-bond donors (Lipinski definition) is 0. The molecule has 2 aliphatic rings. The molecule has 0 radical (unpaired) electrons. The van der Waals surface area contributed by atoms with E-state index in [9.17, 15) is 4.79 Å². The van der Waals surface area contributed by atoms with E-state index < -0.39 is 5.79 Å². The highest BCUT2D eigenvalue weighted by Gasteiger charge is 2.57. The maximum atomic E-state index is 11.7. The van der Waals surface area contributed by atoms with Gasteiger partial charge in [0.1, 0.15) is 12.2 Å². The van der Waals surface area contributed by atoms with Crippen LogP contribution in [0.25, 0.3) is 10.4 Å². The van der Waals surface area contributed by atoms with Crippen molar-refractivity contribution in [3.05, 3.63) is 10.4 Å². The zero-order valence-corrected chi connectivity index (χ0v) is 14.8. The van der Waals surface area contributed by atoms with E-state index in [1.807, 2.05) is 13.8 Å². The van der Waals surface area contributed by atoms with Gasteiger partial charge in [0.2, 0.25) is 0 Å². The van der Waals surface area contributed by atoms with Gasteiger partial charge >= 0.3 is 5.97 Å². The Balaban J connectivity index is 2.01. The number of azide groups is 1. The van der Waals surface area contributed by atoms with Crippen molar-refractivity contribution in [2.45, 2.75) is 76.7 Å². The van der Waals surface area contributed by atoms with Gasteiger partial charge in [-0.3, -0.25) is 4.79 Å². The summed E-state index contributed by atoms with van der Waals surface area (Å²) in [6.07, 6.45) is 2.52. The van der Waals surface area contributed by atoms with Crippen LogP contribution in [0.4, 0.5) is 0 Å². The average Bonchev–Trinajstić information content (AvgIpc) is 3.27. The first kappa shape index (κ1) is 19.0. The highest BCUT2D eigenvalue weighted by molar-refractivity contribution is 5.69. The van der Waals surface area contributed by atoms with Crippen molar-refractivity contribution >= 4 is 5.97 Å². The molecule has 0 spiro atoms. The monoisotopic (exact) mass is 341 g/mol. The number of hydrogen-bond acceptors (Lipinski definition) is 6. The maximum absolute atomic E-state index is 11.7. The smallest absolute Gasteiger partial charge is 0.305 e. The zero-order chi connectivity index (χ0) is 17.7. The van der Waals surface area contributed by atoms with Gasteiger partial charge in [0.15, 0.2) is 5.79 Å². The molecule has 2 heterocycles. The van der Waals surface area contributed by atoms with Crippen molar-refractivity contribution in [1.29, 1.82) is 0 Å². The van der Waals surface area contributed by atoms with Crippen molar-refractivity contribution in [3.8, 4) is 0 Å². The van der Waals surface area contributed by atoms with Gasteiger partial charge in [0.25, 0.3) is 0 Å². The molecule has 2 aliphatic heterocycles. The number of unbranched alkanes of at least 4 members (excludes halogenated alkanes) is 1. The van der Waals surface area contributed by atoms with Gasteiger partial charge in [-0.1, -0.05) is 24.9 Å². The van der Waals surface area contributed by atoms with Gasteiger partial charge < -0.3 is 18.9 Å². The second kappa shape index (κ2) is 8.16. The molecule has 5 atom stereocenters. The number of epoxide rings is 1.